The van der Waals surface area contributed by atoms with E-state index in [0.29, 0.717) is 6.42 Å². The second kappa shape index (κ2) is 22.2. The monoisotopic (exact) mass is 560 g/mol. The molecule has 0 amide bonds. The molecule has 0 N–H and O–H groups in total. The van der Waals surface area contributed by atoms with Crippen LogP contribution in [-0.2, 0) is 57.0 Å². The van der Waals surface area contributed by atoms with Crippen LogP contribution in [0.5, 0.6) is 0 Å². The van der Waals surface area contributed by atoms with E-state index in [-0.39, 0.29) is 59.5 Å². The topological polar surface area (TPSA) is 134 Å². The van der Waals surface area contributed by atoms with Crippen LogP contribution in [0.15, 0.2) is 38.0 Å². The first-order valence-electron chi connectivity index (χ1n) is 12.7. The predicted octanol–water partition coefficient (Wildman–Crippen LogP) is 2.71. The fraction of sp³-hybridized carbons (Fsp3) is 0.667. The third-order valence-corrected chi connectivity index (χ3v) is 5.16. The number of hydrogen-bond donors (Lipinski definition) is 0. The normalized spacial score (nSPS) is 14.8. The van der Waals surface area contributed by atoms with Gasteiger partial charge in [-0.1, -0.05) is 26.7 Å². The van der Waals surface area contributed by atoms with Crippen molar-refractivity contribution in [1.82, 2.24) is 0 Å². The molecule has 3 atom stereocenters. The first kappa shape index (κ1) is 36.4. The molecule has 0 saturated carbocycles. The van der Waals surface area contributed by atoms with Gasteiger partial charge in [-0.2, -0.15) is 0 Å². The van der Waals surface area contributed by atoms with Crippen molar-refractivity contribution in [2.75, 3.05) is 59.5 Å². The van der Waals surface area contributed by atoms with Crippen LogP contribution in [0.1, 0.15) is 34.1 Å². The van der Waals surface area contributed by atoms with E-state index in [4.69, 9.17) is 42.6 Å². The molecular formula is C27H44O12. The van der Waals surface area contributed by atoms with Gasteiger partial charge in [-0.15, -0.1) is 0 Å². The summed E-state index contributed by atoms with van der Waals surface area (Å²) in [6, 6.07) is 0. The van der Waals surface area contributed by atoms with Crippen molar-refractivity contribution in [3.8, 4) is 0 Å². The Balaban J connectivity index is 4.89. The standard InChI is InChI=1S/C27H44O12/c1-8-24(28)34-15-12-31-21(5)37-18-27(11-4,19-38-22(6)32-13-16-35-25(29)9-2)20-39-23(7)33-14-17-36-26(30)10-3/h8-10,21-23H,1-3,11-20H2,4-7H3. The van der Waals surface area contributed by atoms with Crippen molar-refractivity contribution < 1.29 is 57.0 Å². The zero-order chi connectivity index (χ0) is 29.5. The first-order valence-corrected chi connectivity index (χ1v) is 12.7. The molecule has 0 radical (unpaired) electrons. The molecule has 0 aromatic rings. The maximum Gasteiger partial charge on any atom is 0.330 e. The average Bonchev–Trinajstić information content (AvgIpc) is 2.94. The van der Waals surface area contributed by atoms with Crippen molar-refractivity contribution in [2.45, 2.75) is 53.0 Å². The first-order chi connectivity index (χ1) is 18.6. The Morgan fingerprint density at radius 3 is 1.08 bits per heavy atom. The highest BCUT2D eigenvalue weighted by Gasteiger charge is 2.32. The lowest BCUT2D eigenvalue weighted by molar-refractivity contribution is -0.216. The minimum absolute atomic E-state index is 0.0671. The second-order valence-corrected chi connectivity index (χ2v) is 8.22. The van der Waals surface area contributed by atoms with Crippen LogP contribution in [0.4, 0.5) is 0 Å². The van der Waals surface area contributed by atoms with Crippen LogP contribution in [-0.4, -0.2) is 96.2 Å². The number of carbonyl (C=O) groups excluding carboxylic acids is 3. The number of ether oxygens (including phenoxy) is 9. The van der Waals surface area contributed by atoms with E-state index >= 15 is 0 Å². The summed E-state index contributed by atoms with van der Waals surface area (Å²) in [5, 5.41) is 0. The van der Waals surface area contributed by atoms with E-state index in [9.17, 15) is 14.4 Å². The summed E-state index contributed by atoms with van der Waals surface area (Å²) in [6.45, 7) is 18.4. The highest BCUT2D eigenvalue weighted by molar-refractivity contribution is 5.81. The van der Waals surface area contributed by atoms with Gasteiger partial charge in [0.05, 0.1) is 39.6 Å². The third-order valence-electron chi connectivity index (χ3n) is 5.16. The lowest BCUT2D eigenvalue weighted by Crippen LogP contribution is -2.40. The third kappa shape index (κ3) is 19.2. The largest absolute Gasteiger partial charge is 0.460 e. The molecule has 0 heterocycles. The van der Waals surface area contributed by atoms with Crippen molar-refractivity contribution >= 4 is 17.9 Å². The number of hydrogen-bond acceptors (Lipinski definition) is 12. The van der Waals surface area contributed by atoms with Gasteiger partial charge in [0.2, 0.25) is 0 Å². The van der Waals surface area contributed by atoms with Gasteiger partial charge >= 0.3 is 17.9 Å². The Morgan fingerprint density at radius 2 is 0.846 bits per heavy atom. The molecular weight excluding hydrogens is 516 g/mol. The van der Waals surface area contributed by atoms with Gasteiger partial charge < -0.3 is 42.6 Å². The lowest BCUT2D eigenvalue weighted by Gasteiger charge is -2.35. The fourth-order valence-electron chi connectivity index (χ4n) is 2.70. The molecule has 39 heavy (non-hydrogen) atoms. The highest BCUT2D eigenvalue weighted by atomic mass is 16.7. The van der Waals surface area contributed by atoms with Crippen LogP contribution in [0.3, 0.4) is 0 Å². The zero-order valence-electron chi connectivity index (χ0n) is 23.6. The summed E-state index contributed by atoms with van der Waals surface area (Å²) in [6.07, 6.45) is 2.05. The van der Waals surface area contributed by atoms with E-state index < -0.39 is 42.2 Å². The molecule has 0 aromatic carbocycles. The second-order valence-electron chi connectivity index (χ2n) is 8.22. The Labute approximate surface area is 231 Å². The number of carbonyl (C=O) groups is 3. The Morgan fingerprint density at radius 1 is 0.564 bits per heavy atom. The highest BCUT2D eigenvalue weighted by Crippen LogP contribution is 2.26. The van der Waals surface area contributed by atoms with Gasteiger partial charge in [0.15, 0.2) is 18.9 Å². The SMILES string of the molecule is C=CC(=O)OCCOC(C)OCC(CC)(COC(C)OCCOC(=O)C=C)COC(C)OCCOC(=O)C=C. The van der Waals surface area contributed by atoms with Gasteiger partial charge in [0.1, 0.15) is 19.8 Å². The molecule has 0 aliphatic heterocycles. The van der Waals surface area contributed by atoms with Gasteiger partial charge in [0, 0.05) is 23.6 Å². The van der Waals surface area contributed by atoms with E-state index in [1.54, 1.807) is 20.8 Å². The summed E-state index contributed by atoms with van der Waals surface area (Å²) in [5.41, 5.74) is -0.604. The number of rotatable bonds is 25. The quantitative estimate of drug-likeness (QED) is 0.0534. The summed E-state index contributed by atoms with van der Waals surface area (Å²) >= 11 is 0. The molecule has 224 valence electrons. The van der Waals surface area contributed by atoms with Crippen LogP contribution in [0, 0.1) is 5.41 Å². The van der Waals surface area contributed by atoms with Crippen LogP contribution < -0.4 is 0 Å². The molecule has 0 bridgehead atoms. The van der Waals surface area contributed by atoms with Gasteiger partial charge in [-0.05, 0) is 27.2 Å². The maximum atomic E-state index is 11.1. The summed E-state index contributed by atoms with van der Waals surface area (Å²) in [4.78, 5) is 33.4. The Hall–Kier alpha value is -2.61. The van der Waals surface area contributed by atoms with Gasteiger partial charge in [-0.3, -0.25) is 0 Å². The van der Waals surface area contributed by atoms with E-state index in [1.165, 1.54) is 0 Å². The molecule has 0 spiro atoms. The summed E-state index contributed by atoms with van der Waals surface area (Å²) in [7, 11) is 0. The number of esters is 3. The molecule has 0 saturated heterocycles. The lowest BCUT2D eigenvalue weighted by atomic mass is 9.88. The fourth-order valence-corrected chi connectivity index (χ4v) is 2.70. The van der Waals surface area contributed by atoms with Crippen LogP contribution >= 0.6 is 0 Å². The van der Waals surface area contributed by atoms with Gasteiger partial charge in [-0.25, -0.2) is 14.4 Å². The van der Waals surface area contributed by atoms with Crippen molar-refractivity contribution in [2.24, 2.45) is 5.41 Å². The van der Waals surface area contributed by atoms with Gasteiger partial charge in [0.25, 0.3) is 0 Å². The van der Waals surface area contributed by atoms with Crippen LogP contribution in [0.25, 0.3) is 0 Å². The zero-order valence-corrected chi connectivity index (χ0v) is 23.6. The molecule has 0 aliphatic carbocycles. The van der Waals surface area contributed by atoms with E-state index in [0.717, 1.165) is 18.2 Å². The maximum absolute atomic E-state index is 11.1. The molecule has 0 aliphatic rings. The minimum atomic E-state index is -0.604. The molecule has 0 rings (SSSR count). The Kier molecular flexibility index (Phi) is 20.7. The van der Waals surface area contributed by atoms with Crippen molar-refractivity contribution in [1.29, 1.82) is 0 Å². The summed E-state index contributed by atoms with van der Waals surface area (Å²) in [5.74, 6) is -1.59. The molecule has 3 unspecified atom stereocenters. The van der Waals surface area contributed by atoms with E-state index in [2.05, 4.69) is 19.7 Å². The smallest absolute Gasteiger partial charge is 0.330 e. The molecule has 12 heteroatoms. The Bertz CT molecular complexity index is 645. The summed E-state index contributed by atoms with van der Waals surface area (Å²) < 4.78 is 49.1. The molecule has 0 aromatic heterocycles. The van der Waals surface area contributed by atoms with Crippen LogP contribution in [0.2, 0.25) is 0 Å². The predicted molar refractivity (Wildman–Crippen MR) is 140 cm³/mol. The van der Waals surface area contributed by atoms with Crippen molar-refractivity contribution in [3.05, 3.63) is 38.0 Å². The van der Waals surface area contributed by atoms with Crippen molar-refractivity contribution in [3.63, 3.8) is 0 Å². The average molecular weight is 561 g/mol. The van der Waals surface area contributed by atoms with E-state index in [1.807, 2.05) is 6.92 Å². The molecule has 0 fully saturated rings. The molecule has 12 nitrogen and oxygen atoms in total. The minimum Gasteiger partial charge on any atom is -0.460 e.